The molecule has 0 saturated carbocycles. The van der Waals surface area contributed by atoms with E-state index in [2.05, 4.69) is 20.2 Å². The van der Waals surface area contributed by atoms with Crippen molar-refractivity contribution < 1.29 is 9.18 Å². The lowest BCUT2D eigenvalue weighted by Gasteiger charge is -2.35. The molecule has 0 bridgehead atoms. The van der Waals surface area contributed by atoms with Gasteiger partial charge in [-0.1, -0.05) is 29.3 Å². The lowest BCUT2D eigenvalue weighted by molar-refractivity contribution is 0.100. The molecule has 1 fully saturated rings. The van der Waals surface area contributed by atoms with Gasteiger partial charge >= 0.3 is 0 Å². The lowest BCUT2D eigenvalue weighted by atomic mass is 10.0. The zero-order valence-corrected chi connectivity index (χ0v) is 16.8. The fourth-order valence-electron chi connectivity index (χ4n) is 3.40. The van der Waals surface area contributed by atoms with Crippen LogP contribution in [-0.4, -0.2) is 40.4 Å². The highest BCUT2D eigenvalue weighted by Gasteiger charge is 2.23. The second-order valence-corrected chi connectivity index (χ2v) is 7.72. The zero-order chi connectivity index (χ0) is 20.5. The van der Waals surface area contributed by atoms with Crippen molar-refractivity contribution in [2.45, 2.75) is 12.5 Å². The Balaban J connectivity index is 1.75. The molecule has 1 saturated heterocycles. The van der Waals surface area contributed by atoms with Crippen LogP contribution in [0.15, 0.2) is 36.7 Å². The Kier molecular flexibility index (Phi) is 5.54. The van der Waals surface area contributed by atoms with Gasteiger partial charge in [0.2, 0.25) is 0 Å². The number of hydrogen-bond acceptors (Lipinski definition) is 5. The Morgan fingerprint density at radius 2 is 2.07 bits per heavy atom. The predicted octanol–water partition coefficient (Wildman–Crippen LogP) is 4.03. The Hall–Kier alpha value is -2.48. The lowest BCUT2D eigenvalue weighted by Crippen LogP contribution is -2.41. The van der Waals surface area contributed by atoms with Crippen molar-refractivity contribution in [2.24, 2.45) is 5.73 Å². The first-order valence-corrected chi connectivity index (χ1v) is 9.86. The maximum absolute atomic E-state index is 14.2. The van der Waals surface area contributed by atoms with E-state index in [-0.39, 0.29) is 16.1 Å². The minimum Gasteiger partial charge on any atom is -0.366 e. The molecule has 1 aliphatic rings. The Bertz CT molecular complexity index is 1070. The number of nitrogens with one attached hydrogen (secondary N) is 1. The van der Waals surface area contributed by atoms with Crippen LogP contribution in [0.25, 0.3) is 10.9 Å². The topological polar surface area (TPSA) is 84.1 Å². The van der Waals surface area contributed by atoms with Gasteiger partial charge in [-0.25, -0.2) is 14.4 Å². The molecule has 3 N–H and O–H groups in total. The summed E-state index contributed by atoms with van der Waals surface area (Å²) < 4.78 is 14.2. The summed E-state index contributed by atoms with van der Waals surface area (Å²) in [6.45, 7) is 2.58. The molecule has 0 spiro atoms. The van der Waals surface area contributed by atoms with Gasteiger partial charge in [0.25, 0.3) is 5.91 Å². The number of carbonyl (C=O) groups is 1. The monoisotopic (exact) mass is 433 g/mol. The molecule has 4 rings (SSSR count). The quantitative estimate of drug-likeness (QED) is 0.573. The number of primary amides is 1. The van der Waals surface area contributed by atoms with Crippen molar-refractivity contribution in [1.82, 2.24) is 14.9 Å². The summed E-state index contributed by atoms with van der Waals surface area (Å²) in [6, 6.07) is 7.88. The maximum atomic E-state index is 14.2. The van der Waals surface area contributed by atoms with Crippen LogP contribution in [0.2, 0.25) is 10.0 Å². The van der Waals surface area contributed by atoms with Crippen LogP contribution in [0.1, 0.15) is 28.4 Å². The van der Waals surface area contributed by atoms with Crippen LogP contribution >= 0.6 is 23.2 Å². The fraction of sp³-hybridized carbons (Fsp3) is 0.250. The van der Waals surface area contributed by atoms with E-state index >= 15 is 0 Å². The molecule has 2 heterocycles. The molecule has 2 aromatic carbocycles. The number of rotatable bonds is 6. The van der Waals surface area contributed by atoms with Gasteiger partial charge in [-0.3, -0.25) is 4.79 Å². The highest BCUT2D eigenvalue weighted by atomic mass is 35.5. The van der Waals surface area contributed by atoms with Gasteiger partial charge in [0, 0.05) is 11.9 Å². The molecule has 1 aliphatic heterocycles. The average Bonchev–Trinajstić information content (AvgIpc) is 2.67. The number of carbonyl (C=O) groups excluding carboxylic acids is 1. The van der Waals surface area contributed by atoms with E-state index in [1.807, 2.05) is 0 Å². The van der Waals surface area contributed by atoms with E-state index in [0.717, 1.165) is 19.5 Å². The number of fused-ring (bicyclic) bond motifs is 1. The summed E-state index contributed by atoms with van der Waals surface area (Å²) in [5.74, 6) is -0.618. The molecule has 6 nitrogen and oxygen atoms in total. The van der Waals surface area contributed by atoms with Crippen LogP contribution in [0.4, 0.5) is 10.2 Å². The minimum absolute atomic E-state index is 0.100. The highest BCUT2D eigenvalue weighted by Crippen LogP contribution is 2.32. The summed E-state index contributed by atoms with van der Waals surface area (Å²) in [5.41, 5.74) is 6.89. The number of amides is 1. The first-order chi connectivity index (χ1) is 13.9. The normalized spacial score (nSPS) is 15.1. The van der Waals surface area contributed by atoms with Crippen LogP contribution in [0.3, 0.4) is 0 Å². The number of benzene rings is 2. The standard InChI is InChI=1S/C20H18Cl2FN5O/c21-14-7-11(8-15(23)17(14)22)16(9-28-5-2-6-28)27-20-13-4-1-3-12(19(24)29)18(13)25-10-26-20/h1,3-4,7-8,10,16H,2,5-6,9H2,(H2,24,29)(H,25,26,27). The van der Waals surface area contributed by atoms with Crippen molar-refractivity contribution in [3.05, 3.63) is 63.6 Å². The third-order valence-corrected chi connectivity index (χ3v) is 5.82. The van der Waals surface area contributed by atoms with E-state index in [9.17, 15) is 9.18 Å². The number of aromatic nitrogens is 2. The van der Waals surface area contributed by atoms with Gasteiger partial charge in [-0.15, -0.1) is 0 Å². The Morgan fingerprint density at radius 3 is 2.72 bits per heavy atom. The smallest absolute Gasteiger partial charge is 0.250 e. The summed E-state index contributed by atoms with van der Waals surface area (Å²) in [6.07, 6.45) is 2.49. The van der Waals surface area contributed by atoms with Gasteiger partial charge in [-0.05, 0) is 49.3 Å². The number of para-hydroxylation sites is 1. The second-order valence-electron chi connectivity index (χ2n) is 6.94. The molecule has 1 atom stereocenters. The van der Waals surface area contributed by atoms with Gasteiger partial charge in [0.15, 0.2) is 0 Å². The van der Waals surface area contributed by atoms with Crippen LogP contribution in [-0.2, 0) is 0 Å². The first-order valence-electron chi connectivity index (χ1n) is 9.11. The van der Waals surface area contributed by atoms with Crippen molar-refractivity contribution >= 4 is 45.8 Å². The Labute approximate surface area is 176 Å². The fourth-order valence-corrected chi connectivity index (χ4v) is 3.73. The largest absolute Gasteiger partial charge is 0.366 e. The summed E-state index contributed by atoms with van der Waals surface area (Å²) in [4.78, 5) is 22.5. The van der Waals surface area contributed by atoms with Crippen molar-refractivity contribution in [3.63, 3.8) is 0 Å². The van der Waals surface area contributed by atoms with E-state index in [1.165, 1.54) is 12.4 Å². The molecular weight excluding hydrogens is 416 g/mol. The molecule has 9 heteroatoms. The summed E-state index contributed by atoms with van der Waals surface area (Å²) >= 11 is 12.0. The van der Waals surface area contributed by atoms with E-state index < -0.39 is 11.7 Å². The third kappa shape index (κ3) is 3.99. The molecule has 3 aromatic rings. The van der Waals surface area contributed by atoms with Crippen molar-refractivity contribution in [2.75, 3.05) is 25.0 Å². The van der Waals surface area contributed by atoms with Crippen LogP contribution in [0.5, 0.6) is 0 Å². The van der Waals surface area contributed by atoms with Gasteiger partial charge in [0.1, 0.15) is 18.0 Å². The minimum atomic E-state index is -0.576. The molecule has 29 heavy (non-hydrogen) atoms. The number of anilines is 1. The van der Waals surface area contributed by atoms with Gasteiger partial charge in [0.05, 0.1) is 27.2 Å². The molecule has 1 unspecified atom stereocenters. The summed E-state index contributed by atoms with van der Waals surface area (Å²) in [5, 5.41) is 4.07. The van der Waals surface area contributed by atoms with Crippen LogP contribution < -0.4 is 11.1 Å². The Morgan fingerprint density at radius 1 is 1.28 bits per heavy atom. The zero-order valence-electron chi connectivity index (χ0n) is 15.3. The number of nitrogens with zero attached hydrogens (tertiary/aromatic N) is 3. The van der Waals surface area contributed by atoms with E-state index in [0.29, 0.717) is 34.4 Å². The average molecular weight is 434 g/mol. The predicted molar refractivity (Wildman–Crippen MR) is 112 cm³/mol. The SMILES string of the molecule is NC(=O)c1cccc2c(NC(CN3CCC3)c3cc(F)c(Cl)c(Cl)c3)ncnc12. The van der Waals surface area contributed by atoms with Crippen LogP contribution in [0, 0.1) is 5.82 Å². The van der Waals surface area contributed by atoms with Crippen molar-refractivity contribution in [3.8, 4) is 0 Å². The van der Waals surface area contributed by atoms with E-state index in [4.69, 9.17) is 28.9 Å². The number of hydrogen-bond donors (Lipinski definition) is 2. The maximum Gasteiger partial charge on any atom is 0.250 e. The molecule has 0 radical (unpaired) electrons. The van der Waals surface area contributed by atoms with Gasteiger partial charge < -0.3 is 16.0 Å². The highest BCUT2D eigenvalue weighted by molar-refractivity contribution is 6.42. The molecule has 150 valence electrons. The molecule has 1 aromatic heterocycles. The first kappa shape index (κ1) is 19.8. The molecular formula is C20H18Cl2FN5O. The number of nitrogens with two attached hydrogens (primary N) is 1. The number of halogens is 3. The third-order valence-electron chi connectivity index (χ3n) is 5.04. The number of likely N-dealkylation sites (tertiary alicyclic amines) is 1. The second kappa shape index (κ2) is 8.10. The molecule has 1 amide bonds. The summed E-state index contributed by atoms with van der Waals surface area (Å²) in [7, 11) is 0. The molecule has 0 aliphatic carbocycles. The van der Waals surface area contributed by atoms with Crippen molar-refractivity contribution in [1.29, 1.82) is 0 Å². The van der Waals surface area contributed by atoms with E-state index in [1.54, 1.807) is 24.3 Å². The van der Waals surface area contributed by atoms with Gasteiger partial charge in [-0.2, -0.15) is 0 Å².